The Morgan fingerprint density at radius 3 is 1.42 bits per heavy atom. The van der Waals surface area contributed by atoms with Crippen molar-refractivity contribution in [3.8, 4) is 0 Å². The number of hydrogen-bond acceptors (Lipinski definition) is 4. The lowest BCUT2D eigenvalue weighted by atomic mass is 9.48. The molecule has 0 saturated carbocycles. The van der Waals surface area contributed by atoms with Crippen molar-refractivity contribution in [2.45, 2.75) is 85.3 Å². The van der Waals surface area contributed by atoms with Gasteiger partial charge in [0.15, 0.2) is 0 Å². The molecule has 0 aromatic carbocycles. The Morgan fingerprint density at radius 2 is 1.23 bits per heavy atom. The Morgan fingerprint density at radius 1 is 0.885 bits per heavy atom. The van der Waals surface area contributed by atoms with Crippen LogP contribution in [0, 0.1) is 16.2 Å². The number of carboxylic acids is 2. The smallest absolute Gasteiger partial charge is 0.325 e. The molecule has 0 saturated heterocycles. The molecule has 0 bridgehead atoms. The summed E-state index contributed by atoms with van der Waals surface area (Å²) in [5.74, 6) is -3.35. The average Bonchev–Trinajstić information content (AvgIpc) is 2.45. The van der Waals surface area contributed by atoms with Gasteiger partial charge in [-0.2, -0.15) is 8.42 Å². The number of hydrogen-bond donors (Lipinski definition) is 3. The van der Waals surface area contributed by atoms with E-state index in [-0.39, 0.29) is 0 Å². The second kappa shape index (κ2) is 8.69. The molecular formula is C18H34O7S. The SMILES string of the molecule is CCCCC(C)(C)C(C(=O)O)(C(C(=O)O)S(=O)(=O)O)C(C)(C)CCCC. The maximum absolute atomic E-state index is 12.6. The van der Waals surface area contributed by atoms with Gasteiger partial charge in [0.2, 0.25) is 5.25 Å². The summed E-state index contributed by atoms with van der Waals surface area (Å²) in [6.07, 6.45) is 3.37. The fraction of sp³-hybridized carbons (Fsp3) is 0.889. The predicted molar refractivity (Wildman–Crippen MR) is 99.7 cm³/mol. The van der Waals surface area contributed by atoms with E-state index in [0.29, 0.717) is 25.7 Å². The summed E-state index contributed by atoms with van der Waals surface area (Å²) < 4.78 is 33.9. The average molecular weight is 395 g/mol. The summed E-state index contributed by atoms with van der Waals surface area (Å²) in [6, 6.07) is 0. The molecule has 0 rings (SSSR count). The zero-order valence-electron chi connectivity index (χ0n) is 16.7. The third kappa shape index (κ3) is 4.57. The number of aliphatic carboxylic acids is 2. The molecule has 7 nitrogen and oxygen atoms in total. The van der Waals surface area contributed by atoms with Gasteiger partial charge in [0, 0.05) is 0 Å². The molecular weight excluding hydrogens is 360 g/mol. The van der Waals surface area contributed by atoms with Gasteiger partial charge in [-0.05, 0) is 23.7 Å². The van der Waals surface area contributed by atoms with E-state index in [1.54, 1.807) is 27.7 Å². The molecule has 0 amide bonds. The van der Waals surface area contributed by atoms with E-state index < -0.39 is 43.6 Å². The van der Waals surface area contributed by atoms with E-state index in [2.05, 4.69) is 0 Å². The van der Waals surface area contributed by atoms with Crippen LogP contribution in [-0.2, 0) is 19.7 Å². The number of unbranched alkanes of at least 4 members (excludes halogenated alkanes) is 2. The van der Waals surface area contributed by atoms with Gasteiger partial charge in [0.25, 0.3) is 10.1 Å². The van der Waals surface area contributed by atoms with Crippen molar-refractivity contribution >= 4 is 22.1 Å². The van der Waals surface area contributed by atoms with Crippen molar-refractivity contribution in [2.75, 3.05) is 0 Å². The zero-order valence-corrected chi connectivity index (χ0v) is 17.5. The van der Waals surface area contributed by atoms with Crippen molar-refractivity contribution in [3.63, 3.8) is 0 Å². The van der Waals surface area contributed by atoms with Crippen LogP contribution >= 0.6 is 0 Å². The van der Waals surface area contributed by atoms with E-state index in [1.165, 1.54) is 0 Å². The van der Waals surface area contributed by atoms with Crippen LogP contribution in [0.1, 0.15) is 80.1 Å². The second-order valence-corrected chi connectivity index (χ2v) is 9.82. The van der Waals surface area contributed by atoms with Crippen LogP contribution in [0.15, 0.2) is 0 Å². The van der Waals surface area contributed by atoms with E-state index >= 15 is 0 Å². The molecule has 0 aromatic heterocycles. The first-order chi connectivity index (χ1) is 11.6. The lowest BCUT2D eigenvalue weighted by Crippen LogP contribution is -2.65. The Bertz CT molecular complexity index is 585. The molecule has 3 N–H and O–H groups in total. The van der Waals surface area contributed by atoms with Crippen LogP contribution in [-0.4, -0.2) is 40.4 Å². The highest BCUT2D eigenvalue weighted by atomic mass is 32.2. The summed E-state index contributed by atoms with van der Waals surface area (Å²) in [7, 11) is -5.16. The van der Waals surface area contributed by atoms with Crippen molar-refractivity contribution in [3.05, 3.63) is 0 Å². The topological polar surface area (TPSA) is 129 Å². The summed E-state index contributed by atoms with van der Waals surface area (Å²) in [5, 5.41) is 17.5. The molecule has 0 spiro atoms. The first-order valence-corrected chi connectivity index (χ1v) is 10.6. The van der Waals surface area contributed by atoms with Crippen molar-refractivity contribution in [2.24, 2.45) is 16.2 Å². The Labute approximate surface area is 156 Å². The molecule has 1 atom stereocenters. The lowest BCUT2D eigenvalue weighted by molar-refractivity contribution is -0.179. The van der Waals surface area contributed by atoms with Crippen molar-refractivity contribution < 1.29 is 32.8 Å². The Kier molecular flexibility index (Phi) is 8.31. The summed E-state index contributed by atoms with van der Waals surface area (Å²) in [5.41, 5.74) is -4.58. The fourth-order valence-corrected chi connectivity index (χ4v) is 5.93. The molecule has 26 heavy (non-hydrogen) atoms. The molecule has 154 valence electrons. The van der Waals surface area contributed by atoms with Gasteiger partial charge in [-0.1, -0.05) is 67.2 Å². The van der Waals surface area contributed by atoms with Crippen LogP contribution in [0.25, 0.3) is 0 Å². The van der Waals surface area contributed by atoms with Gasteiger partial charge in [-0.3, -0.25) is 14.1 Å². The van der Waals surface area contributed by atoms with Crippen molar-refractivity contribution in [1.82, 2.24) is 0 Å². The van der Waals surface area contributed by atoms with Crippen LogP contribution in [0.4, 0.5) is 0 Å². The van der Waals surface area contributed by atoms with E-state index in [0.717, 1.165) is 12.8 Å². The van der Waals surface area contributed by atoms with Crippen LogP contribution in [0.2, 0.25) is 0 Å². The van der Waals surface area contributed by atoms with E-state index in [4.69, 9.17) is 0 Å². The van der Waals surface area contributed by atoms with E-state index in [9.17, 15) is 32.8 Å². The third-order valence-corrected chi connectivity index (χ3v) is 6.85. The Balaban J connectivity index is 7.01. The minimum atomic E-state index is -5.16. The van der Waals surface area contributed by atoms with Crippen molar-refractivity contribution in [1.29, 1.82) is 0 Å². The second-order valence-electron chi connectivity index (χ2n) is 8.32. The molecule has 0 radical (unpaired) electrons. The summed E-state index contributed by atoms with van der Waals surface area (Å²) >= 11 is 0. The maximum Gasteiger partial charge on any atom is 0.325 e. The normalized spacial score (nSPS) is 14.9. The highest BCUT2D eigenvalue weighted by Crippen LogP contribution is 2.59. The highest BCUT2D eigenvalue weighted by Gasteiger charge is 2.69. The molecule has 0 fully saturated rings. The molecule has 0 aromatic rings. The number of carbonyl (C=O) groups is 2. The Hall–Kier alpha value is -1.15. The lowest BCUT2D eigenvalue weighted by Gasteiger charge is -2.55. The quantitative estimate of drug-likeness (QED) is 0.429. The number of carboxylic acid groups (broad SMARTS) is 2. The minimum absolute atomic E-state index is 0.324. The first-order valence-electron chi connectivity index (χ1n) is 9.06. The van der Waals surface area contributed by atoms with Gasteiger partial charge >= 0.3 is 11.9 Å². The van der Waals surface area contributed by atoms with Crippen LogP contribution < -0.4 is 0 Å². The summed E-state index contributed by atoms with van der Waals surface area (Å²) in [4.78, 5) is 24.5. The van der Waals surface area contributed by atoms with Gasteiger partial charge in [-0.15, -0.1) is 0 Å². The molecule has 8 heteroatoms. The van der Waals surface area contributed by atoms with Gasteiger partial charge in [0.1, 0.15) is 5.41 Å². The molecule has 0 aliphatic rings. The molecule has 1 unspecified atom stereocenters. The van der Waals surface area contributed by atoms with Crippen LogP contribution in [0.5, 0.6) is 0 Å². The zero-order chi connectivity index (χ0) is 21.0. The van der Waals surface area contributed by atoms with Crippen LogP contribution in [0.3, 0.4) is 0 Å². The predicted octanol–water partition coefficient (Wildman–Crippen LogP) is 3.83. The third-order valence-electron chi connectivity index (χ3n) is 5.70. The van der Waals surface area contributed by atoms with Gasteiger partial charge < -0.3 is 10.2 Å². The summed E-state index contributed by atoms with van der Waals surface area (Å²) in [6.45, 7) is 10.2. The van der Waals surface area contributed by atoms with E-state index in [1.807, 2.05) is 13.8 Å². The monoisotopic (exact) mass is 394 g/mol. The maximum atomic E-state index is 12.6. The molecule has 0 aliphatic carbocycles. The standard InChI is InChI=1S/C18H34O7S/c1-7-9-11-16(3,4)18(15(21)22,17(5,6)12-10-8-2)13(14(19)20)26(23,24)25/h13H,7-12H2,1-6H3,(H,19,20)(H,21,22)(H,23,24,25). The highest BCUT2D eigenvalue weighted by molar-refractivity contribution is 7.87. The largest absolute Gasteiger partial charge is 0.481 e. The molecule has 0 aliphatic heterocycles. The first kappa shape index (κ1) is 24.8. The minimum Gasteiger partial charge on any atom is -0.481 e. The fourth-order valence-electron chi connectivity index (χ4n) is 4.48. The number of rotatable bonds is 12. The van der Waals surface area contributed by atoms with Gasteiger partial charge in [0.05, 0.1) is 0 Å². The molecule has 0 heterocycles. The van der Waals surface area contributed by atoms with Gasteiger partial charge in [-0.25, -0.2) is 0 Å².